The van der Waals surface area contributed by atoms with E-state index in [1.165, 1.54) is 35.8 Å². The van der Waals surface area contributed by atoms with Crippen LogP contribution < -0.4 is 15.0 Å². The Kier molecular flexibility index (Phi) is 9.06. The molecule has 0 fully saturated rings. The van der Waals surface area contributed by atoms with E-state index < -0.39 is 29.2 Å². The molecule has 0 bridgehead atoms. The van der Waals surface area contributed by atoms with Gasteiger partial charge in [-0.2, -0.15) is 13.2 Å². The third kappa shape index (κ3) is 6.09. The fourth-order valence-corrected chi connectivity index (χ4v) is 5.15. The van der Waals surface area contributed by atoms with Crippen molar-refractivity contribution in [3.8, 4) is 17.2 Å². The normalized spacial score (nSPS) is 12.3. The Morgan fingerprint density at radius 2 is 1.80 bits per heavy atom. The third-order valence-corrected chi connectivity index (χ3v) is 7.58. The summed E-state index contributed by atoms with van der Waals surface area (Å²) < 4.78 is 53.1. The molecule has 0 N–H and O–H groups in total. The van der Waals surface area contributed by atoms with Crippen LogP contribution >= 0.6 is 15.9 Å². The zero-order chi connectivity index (χ0) is 29.9. The van der Waals surface area contributed by atoms with Crippen LogP contribution in [-0.2, 0) is 6.18 Å². The highest BCUT2D eigenvalue weighted by molar-refractivity contribution is 9.10. The first kappa shape index (κ1) is 30.1. The number of methoxy groups -OCH3 is 2. The number of ether oxygens (including phenoxy) is 2. The summed E-state index contributed by atoms with van der Waals surface area (Å²) in [5.41, 5.74) is -0.631. The standard InChI is InChI=1S/C30H29BrF3N3O4/c1-5-6-14-36(28(38)19-10-9-11-20(15-19)30(32,33)34)18(2)27-35-23-13-8-7-12-22(23)29(39)37(27)24-16-21(40-3)17-25(41-4)26(24)31/h7-13,15-18H,5-6,14H2,1-4H3. The van der Waals surface area contributed by atoms with Crippen LogP contribution in [0.15, 0.2) is 69.9 Å². The molecule has 3 aromatic carbocycles. The molecular formula is C30H29BrF3N3O4. The van der Waals surface area contributed by atoms with Crippen LogP contribution in [0.3, 0.4) is 0 Å². The van der Waals surface area contributed by atoms with Crippen molar-refractivity contribution in [3.63, 3.8) is 0 Å². The van der Waals surface area contributed by atoms with Crippen molar-refractivity contribution < 1.29 is 27.4 Å². The van der Waals surface area contributed by atoms with Gasteiger partial charge in [0.25, 0.3) is 11.5 Å². The van der Waals surface area contributed by atoms with Gasteiger partial charge in [0, 0.05) is 24.2 Å². The predicted molar refractivity (Wildman–Crippen MR) is 154 cm³/mol. The summed E-state index contributed by atoms with van der Waals surface area (Å²) in [6.45, 7) is 3.89. The summed E-state index contributed by atoms with van der Waals surface area (Å²) in [4.78, 5) is 34.1. The lowest BCUT2D eigenvalue weighted by molar-refractivity contribution is -0.137. The van der Waals surface area contributed by atoms with Crippen LogP contribution in [0.5, 0.6) is 11.5 Å². The largest absolute Gasteiger partial charge is 0.497 e. The number of fused-ring (bicyclic) bond motifs is 1. The van der Waals surface area contributed by atoms with Gasteiger partial charge in [0.05, 0.1) is 46.9 Å². The third-order valence-electron chi connectivity index (χ3n) is 6.78. The summed E-state index contributed by atoms with van der Waals surface area (Å²) >= 11 is 3.54. The van der Waals surface area contributed by atoms with E-state index in [0.717, 1.165) is 18.6 Å². The van der Waals surface area contributed by atoms with E-state index in [1.54, 1.807) is 43.3 Å². The molecule has 1 amide bonds. The van der Waals surface area contributed by atoms with E-state index in [4.69, 9.17) is 14.5 Å². The lowest BCUT2D eigenvalue weighted by Gasteiger charge is -2.31. The Hall–Kier alpha value is -3.86. The van der Waals surface area contributed by atoms with Crippen molar-refractivity contribution in [2.75, 3.05) is 20.8 Å². The summed E-state index contributed by atoms with van der Waals surface area (Å²) in [6.07, 6.45) is -3.28. The molecule has 4 rings (SSSR count). The van der Waals surface area contributed by atoms with Gasteiger partial charge in [0.2, 0.25) is 0 Å². The van der Waals surface area contributed by atoms with Gasteiger partial charge in [-0.25, -0.2) is 4.98 Å². The first-order valence-electron chi connectivity index (χ1n) is 12.9. The molecule has 41 heavy (non-hydrogen) atoms. The van der Waals surface area contributed by atoms with E-state index >= 15 is 0 Å². The van der Waals surface area contributed by atoms with Crippen molar-refractivity contribution in [1.82, 2.24) is 14.5 Å². The Labute approximate surface area is 243 Å². The number of para-hydroxylation sites is 1. The van der Waals surface area contributed by atoms with E-state index in [-0.39, 0.29) is 17.9 Å². The first-order chi connectivity index (χ1) is 19.5. The minimum atomic E-state index is -4.60. The summed E-state index contributed by atoms with van der Waals surface area (Å²) in [7, 11) is 2.96. The second-order valence-electron chi connectivity index (χ2n) is 9.40. The van der Waals surface area contributed by atoms with Gasteiger partial charge < -0.3 is 14.4 Å². The maximum atomic E-state index is 14.0. The van der Waals surface area contributed by atoms with Crippen LogP contribution in [0.2, 0.25) is 0 Å². The van der Waals surface area contributed by atoms with Gasteiger partial charge in [-0.05, 0) is 59.6 Å². The molecule has 0 aliphatic carbocycles. The van der Waals surface area contributed by atoms with Crippen molar-refractivity contribution in [2.45, 2.75) is 38.9 Å². The van der Waals surface area contributed by atoms with Crippen LogP contribution in [-0.4, -0.2) is 41.1 Å². The van der Waals surface area contributed by atoms with Gasteiger partial charge in [0.1, 0.15) is 17.3 Å². The molecule has 0 aliphatic rings. The number of carbonyl (C=O) groups is 1. The average molecular weight is 632 g/mol. The molecule has 1 unspecified atom stereocenters. The van der Waals surface area contributed by atoms with E-state index in [2.05, 4.69) is 15.9 Å². The quantitative estimate of drug-likeness (QED) is 0.195. The number of hydrogen-bond donors (Lipinski definition) is 0. The number of alkyl halides is 3. The van der Waals surface area contributed by atoms with Gasteiger partial charge in [0.15, 0.2) is 0 Å². The maximum absolute atomic E-state index is 14.0. The number of rotatable bonds is 9. The molecule has 1 atom stereocenters. The van der Waals surface area contributed by atoms with E-state index in [9.17, 15) is 22.8 Å². The number of halogens is 4. The lowest BCUT2D eigenvalue weighted by atomic mass is 10.1. The number of carbonyl (C=O) groups excluding carboxylic acids is 1. The predicted octanol–water partition coefficient (Wildman–Crippen LogP) is 7.19. The SMILES string of the molecule is CCCCN(C(=O)c1cccc(C(F)(F)F)c1)C(C)c1nc2ccccc2c(=O)n1-c1cc(OC)cc(OC)c1Br. The maximum Gasteiger partial charge on any atom is 0.416 e. The topological polar surface area (TPSA) is 73.7 Å². The van der Waals surface area contributed by atoms with E-state index in [1.807, 2.05) is 6.92 Å². The monoisotopic (exact) mass is 631 g/mol. The molecule has 11 heteroatoms. The molecule has 1 heterocycles. The Bertz CT molecular complexity index is 1640. The molecule has 7 nitrogen and oxygen atoms in total. The summed E-state index contributed by atoms with van der Waals surface area (Å²) in [6, 6.07) is 13.7. The second-order valence-corrected chi connectivity index (χ2v) is 10.2. The van der Waals surface area contributed by atoms with Gasteiger partial charge in [-0.1, -0.05) is 31.5 Å². The van der Waals surface area contributed by atoms with E-state index in [0.29, 0.717) is 39.0 Å². The number of aromatic nitrogens is 2. The molecule has 0 saturated carbocycles. The fraction of sp³-hybridized carbons (Fsp3) is 0.300. The summed E-state index contributed by atoms with van der Waals surface area (Å²) in [5, 5.41) is 0.349. The molecule has 0 aliphatic heterocycles. The highest BCUT2D eigenvalue weighted by Crippen LogP contribution is 2.37. The minimum Gasteiger partial charge on any atom is -0.497 e. The Morgan fingerprint density at radius 3 is 2.46 bits per heavy atom. The smallest absolute Gasteiger partial charge is 0.416 e. The number of nitrogens with zero attached hydrogens (tertiary/aromatic N) is 3. The number of unbranched alkanes of at least 4 members (excludes halogenated alkanes) is 1. The lowest BCUT2D eigenvalue weighted by Crippen LogP contribution is -2.38. The van der Waals surface area contributed by atoms with Gasteiger partial charge in [-0.15, -0.1) is 0 Å². The zero-order valence-corrected chi connectivity index (χ0v) is 24.5. The Morgan fingerprint density at radius 1 is 1.07 bits per heavy atom. The van der Waals surface area contributed by atoms with Crippen LogP contribution in [0.25, 0.3) is 16.6 Å². The second kappa shape index (κ2) is 12.3. The Balaban J connectivity index is 1.96. The minimum absolute atomic E-state index is 0.110. The number of benzene rings is 3. The molecular weight excluding hydrogens is 603 g/mol. The molecule has 0 saturated heterocycles. The molecule has 0 spiro atoms. The average Bonchev–Trinajstić information content (AvgIpc) is 2.97. The van der Waals surface area contributed by atoms with Crippen molar-refractivity contribution in [3.05, 3.63) is 92.4 Å². The highest BCUT2D eigenvalue weighted by Gasteiger charge is 2.33. The summed E-state index contributed by atoms with van der Waals surface area (Å²) in [5.74, 6) is 0.442. The number of amides is 1. The van der Waals surface area contributed by atoms with Crippen LogP contribution in [0.1, 0.15) is 54.5 Å². The van der Waals surface area contributed by atoms with Gasteiger partial charge in [-0.3, -0.25) is 14.2 Å². The molecule has 4 aromatic rings. The van der Waals surface area contributed by atoms with Crippen LogP contribution in [0.4, 0.5) is 13.2 Å². The van der Waals surface area contributed by atoms with Gasteiger partial charge >= 0.3 is 6.18 Å². The molecule has 0 radical (unpaired) electrons. The fourth-order valence-electron chi connectivity index (χ4n) is 4.58. The van der Waals surface area contributed by atoms with Crippen molar-refractivity contribution >= 4 is 32.7 Å². The molecule has 216 valence electrons. The van der Waals surface area contributed by atoms with Crippen LogP contribution in [0, 0.1) is 0 Å². The van der Waals surface area contributed by atoms with Crippen molar-refractivity contribution in [1.29, 1.82) is 0 Å². The molecule has 1 aromatic heterocycles. The zero-order valence-electron chi connectivity index (χ0n) is 23.0. The highest BCUT2D eigenvalue weighted by atomic mass is 79.9. The first-order valence-corrected chi connectivity index (χ1v) is 13.7. The number of hydrogen-bond acceptors (Lipinski definition) is 5. The van der Waals surface area contributed by atoms with Crippen molar-refractivity contribution in [2.24, 2.45) is 0 Å².